The molecule has 1 aromatic carbocycles. The molecule has 0 saturated heterocycles. The zero-order chi connectivity index (χ0) is 13.9. The molecule has 0 bridgehead atoms. The lowest BCUT2D eigenvalue weighted by molar-refractivity contribution is -0.384. The van der Waals surface area contributed by atoms with Gasteiger partial charge in [-0.1, -0.05) is 25.4 Å². The number of amides is 1. The fourth-order valence-corrected chi connectivity index (χ4v) is 1.41. The van der Waals surface area contributed by atoms with Crippen LogP contribution in [0.25, 0.3) is 0 Å². The van der Waals surface area contributed by atoms with Gasteiger partial charge in [0.05, 0.1) is 21.7 Å². The number of benzene rings is 1. The molecule has 0 radical (unpaired) electrons. The van der Waals surface area contributed by atoms with Crippen LogP contribution in [0.2, 0.25) is 5.02 Å². The Morgan fingerprint density at radius 1 is 1.50 bits per heavy atom. The summed E-state index contributed by atoms with van der Waals surface area (Å²) in [6, 6.07) is 3.13. The number of nitrogens with two attached hydrogens (primary N) is 1. The summed E-state index contributed by atoms with van der Waals surface area (Å²) in [6.45, 7) is 3.61. The highest BCUT2D eigenvalue weighted by molar-refractivity contribution is 6.33. The second kappa shape index (κ2) is 5.79. The van der Waals surface area contributed by atoms with E-state index in [1.54, 1.807) is 13.8 Å². The zero-order valence-electron chi connectivity index (χ0n) is 10.0. The summed E-state index contributed by atoms with van der Waals surface area (Å²) in [4.78, 5) is 21.8. The van der Waals surface area contributed by atoms with Crippen molar-refractivity contribution in [2.75, 3.05) is 5.32 Å². The standard InChI is InChI=1S/C11H14ClN3O3/c1-6(2)10(13)11(16)14-9-5-7(15(17)18)3-4-8(9)12/h3-6,10H,13H2,1-2H3,(H,14,16). The van der Waals surface area contributed by atoms with E-state index in [-0.39, 0.29) is 22.3 Å². The van der Waals surface area contributed by atoms with Gasteiger partial charge in [0.2, 0.25) is 5.91 Å². The van der Waals surface area contributed by atoms with Crippen LogP contribution < -0.4 is 11.1 Å². The summed E-state index contributed by atoms with van der Waals surface area (Å²) in [6.07, 6.45) is 0. The Bertz CT molecular complexity index is 477. The third-order valence-corrected chi connectivity index (χ3v) is 2.77. The van der Waals surface area contributed by atoms with Gasteiger partial charge >= 0.3 is 0 Å². The minimum absolute atomic E-state index is 0.0394. The van der Waals surface area contributed by atoms with Crippen molar-refractivity contribution in [3.63, 3.8) is 0 Å². The number of hydrogen-bond donors (Lipinski definition) is 2. The Kier molecular flexibility index (Phi) is 4.63. The zero-order valence-corrected chi connectivity index (χ0v) is 10.8. The number of non-ortho nitro benzene ring substituents is 1. The first-order valence-electron chi connectivity index (χ1n) is 5.33. The van der Waals surface area contributed by atoms with Gasteiger partial charge in [-0.3, -0.25) is 14.9 Å². The highest BCUT2D eigenvalue weighted by Gasteiger charge is 2.19. The molecule has 0 aliphatic carbocycles. The maximum absolute atomic E-state index is 11.7. The fraction of sp³-hybridized carbons (Fsp3) is 0.364. The normalized spacial score (nSPS) is 12.3. The molecule has 98 valence electrons. The third kappa shape index (κ3) is 3.41. The molecule has 0 aliphatic rings. The van der Waals surface area contributed by atoms with Gasteiger partial charge in [0, 0.05) is 12.1 Å². The van der Waals surface area contributed by atoms with E-state index in [1.807, 2.05) is 0 Å². The summed E-state index contributed by atoms with van der Waals surface area (Å²) >= 11 is 5.85. The lowest BCUT2D eigenvalue weighted by atomic mass is 10.0. The van der Waals surface area contributed by atoms with Gasteiger partial charge in [0.1, 0.15) is 0 Å². The van der Waals surface area contributed by atoms with E-state index in [0.717, 1.165) is 0 Å². The molecule has 7 heteroatoms. The summed E-state index contributed by atoms with van der Waals surface area (Å²) in [5, 5.41) is 13.3. The van der Waals surface area contributed by atoms with Crippen LogP contribution >= 0.6 is 11.6 Å². The van der Waals surface area contributed by atoms with Crippen molar-refractivity contribution < 1.29 is 9.72 Å². The van der Waals surface area contributed by atoms with Crippen molar-refractivity contribution in [3.05, 3.63) is 33.3 Å². The molecule has 1 atom stereocenters. The number of carbonyl (C=O) groups is 1. The predicted molar refractivity (Wildman–Crippen MR) is 69.5 cm³/mol. The lowest BCUT2D eigenvalue weighted by Gasteiger charge is -2.15. The summed E-state index contributed by atoms with van der Waals surface area (Å²) in [5.41, 5.74) is 5.71. The van der Waals surface area contributed by atoms with E-state index < -0.39 is 16.9 Å². The van der Waals surface area contributed by atoms with Crippen LogP contribution in [-0.2, 0) is 4.79 Å². The number of nitrogens with one attached hydrogen (secondary N) is 1. The van der Waals surface area contributed by atoms with Crippen molar-refractivity contribution in [2.24, 2.45) is 11.7 Å². The highest BCUT2D eigenvalue weighted by atomic mass is 35.5. The minimum Gasteiger partial charge on any atom is -0.323 e. The third-order valence-electron chi connectivity index (χ3n) is 2.44. The highest BCUT2D eigenvalue weighted by Crippen LogP contribution is 2.26. The molecule has 0 heterocycles. The number of nitro benzene ring substituents is 1. The number of nitrogens with zero attached hydrogens (tertiary/aromatic N) is 1. The van der Waals surface area contributed by atoms with Crippen molar-refractivity contribution in [3.8, 4) is 0 Å². The molecule has 6 nitrogen and oxygen atoms in total. The maximum atomic E-state index is 11.7. The monoisotopic (exact) mass is 271 g/mol. The van der Waals surface area contributed by atoms with Gasteiger partial charge in [-0.05, 0) is 12.0 Å². The molecule has 0 aliphatic heterocycles. The van der Waals surface area contributed by atoms with E-state index in [4.69, 9.17) is 17.3 Å². The quantitative estimate of drug-likeness (QED) is 0.647. The topological polar surface area (TPSA) is 98.3 Å². The Balaban J connectivity index is 2.93. The summed E-state index contributed by atoms with van der Waals surface area (Å²) in [7, 11) is 0. The van der Waals surface area contributed by atoms with Crippen LogP contribution in [0.3, 0.4) is 0 Å². The number of rotatable bonds is 4. The Hall–Kier alpha value is -1.66. The van der Waals surface area contributed by atoms with Crippen LogP contribution in [0.4, 0.5) is 11.4 Å². The molecule has 0 spiro atoms. The molecule has 1 unspecified atom stereocenters. The van der Waals surface area contributed by atoms with Gasteiger partial charge < -0.3 is 11.1 Å². The first-order chi connectivity index (χ1) is 8.32. The molecule has 1 aromatic rings. The lowest BCUT2D eigenvalue weighted by Crippen LogP contribution is -2.39. The van der Waals surface area contributed by atoms with Gasteiger partial charge in [-0.25, -0.2) is 0 Å². The molecule has 0 saturated carbocycles. The molecular formula is C11H14ClN3O3. The maximum Gasteiger partial charge on any atom is 0.271 e. The predicted octanol–water partition coefficient (Wildman–Crippen LogP) is 2.17. The van der Waals surface area contributed by atoms with E-state index >= 15 is 0 Å². The molecule has 18 heavy (non-hydrogen) atoms. The van der Waals surface area contributed by atoms with Crippen molar-refractivity contribution in [1.82, 2.24) is 0 Å². The average molecular weight is 272 g/mol. The molecule has 0 fully saturated rings. The molecule has 0 aromatic heterocycles. The number of hydrogen-bond acceptors (Lipinski definition) is 4. The second-order valence-corrected chi connectivity index (χ2v) is 4.59. The Morgan fingerprint density at radius 3 is 2.61 bits per heavy atom. The Labute approximate surface area is 109 Å². The molecule has 1 amide bonds. The SMILES string of the molecule is CC(C)C(N)C(=O)Nc1cc([N+](=O)[O-])ccc1Cl. The molecule has 1 rings (SSSR count). The molecular weight excluding hydrogens is 258 g/mol. The van der Waals surface area contributed by atoms with E-state index in [9.17, 15) is 14.9 Å². The van der Waals surface area contributed by atoms with Gasteiger partial charge in [0.15, 0.2) is 0 Å². The Morgan fingerprint density at radius 2 is 2.11 bits per heavy atom. The van der Waals surface area contributed by atoms with Crippen LogP contribution in [0, 0.1) is 16.0 Å². The second-order valence-electron chi connectivity index (χ2n) is 4.18. The number of anilines is 1. The number of nitro groups is 1. The van der Waals surface area contributed by atoms with Crippen LogP contribution in [0.5, 0.6) is 0 Å². The van der Waals surface area contributed by atoms with Crippen molar-refractivity contribution in [1.29, 1.82) is 0 Å². The van der Waals surface area contributed by atoms with Crippen LogP contribution in [0.1, 0.15) is 13.8 Å². The van der Waals surface area contributed by atoms with E-state index in [1.165, 1.54) is 18.2 Å². The smallest absolute Gasteiger partial charge is 0.271 e. The molecule has 3 N–H and O–H groups in total. The van der Waals surface area contributed by atoms with Crippen LogP contribution in [0.15, 0.2) is 18.2 Å². The number of carbonyl (C=O) groups excluding carboxylic acids is 1. The van der Waals surface area contributed by atoms with Gasteiger partial charge in [0.25, 0.3) is 5.69 Å². The average Bonchev–Trinajstić information content (AvgIpc) is 2.30. The summed E-state index contributed by atoms with van der Waals surface area (Å²) in [5.74, 6) is -0.463. The number of halogens is 1. The fourth-order valence-electron chi connectivity index (χ4n) is 1.24. The first-order valence-corrected chi connectivity index (χ1v) is 5.71. The van der Waals surface area contributed by atoms with E-state index in [2.05, 4.69) is 5.32 Å². The van der Waals surface area contributed by atoms with Gasteiger partial charge in [-0.15, -0.1) is 0 Å². The van der Waals surface area contributed by atoms with E-state index in [0.29, 0.717) is 0 Å². The van der Waals surface area contributed by atoms with Crippen molar-refractivity contribution >= 4 is 28.9 Å². The van der Waals surface area contributed by atoms with Crippen LogP contribution in [-0.4, -0.2) is 16.9 Å². The van der Waals surface area contributed by atoms with Crippen molar-refractivity contribution in [2.45, 2.75) is 19.9 Å². The minimum atomic E-state index is -0.694. The van der Waals surface area contributed by atoms with Gasteiger partial charge in [-0.2, -0.15) is 0 Å². The largest absolute Gasteiger partial charge is 0.323 e. The first kappa shape index (κ1) is 14.4. The summed E-state index contributed by atoms with van der Waals surface area (Å²) < 4.78 is 0.